The lowest BCUT2D eigenvalue weighted by molar-refractivity contribution is -0.146. The third-order valence-corrected chi connectivity index (χ3v) is 3.45. The van der Waals surface area contributed by atoms with Crippen molar-refractivity contribution in [2.45, 2.75) is 31.7 Å². The Bertz CT molecular complexity index is 538. The van der Waals surface area contributed by atoms with Crippen LogP contribution in [0.15, 0.2) is 48.3 Å². The summed E-state index contributed by atoms with van der Waals surface area (Å²) in [4.78, 5) is 16.5. The van der Waals surface area contributed by atoms with Gasteiger partial charge in [-0.25, -0.2) is 0 Å². The number of hydrogen-bond acceptors (Lipinski definition) is 4. The molecular weight excluding hydrogens is 292 g/mol. The Morgan fingerprint density at radius 2 is 2.41 bits per heavy atom. The summed E-state index contributed by atoms with van der Waals surface area (Å²) < 4.78 is 32.4. The normalized spacial score (nSPS) is 24.3. The lowest BCUT2D eigenvalue weighted by atomic mass is 9.93. The fourth-order valence-electron chi connectivity index (χ4n) is 2.28. The zero-order chi connectivity index (χ0) is 16.2. The molecule has 1 aliphatic heterocycles. The van der Waals surface area contributed by atoms with E-state index in [9.17, 15) is 13.6 Å². The van der Waals surface area contributed by atoms with Crippen LogP contribution in [-0.2, 0) is 14.4 Å². The van der Waals surface area contributed by atoms with E-state index in [4.69, 9.17) is 9.57 Å². The number of nitrogens with one attached hydrogen (secondary N) is 1. The molecule has 2 unspecified atom stereocenters. The fourth-order valence-corrected chi connectivity index (χ4v) is 2.28. The molecule has 0 aromatic rings. The minimum absolute atomic E-state index is 0.279. The average molecular weight is 311 g/mol. The molecule has 0 saturated carbocycles. The van der Waals surface area contributed by atoms with E-state index in [1.54, 1.807) is 19.1 Å². The highest BCUT2D eigenvalue weighted by Gasteiger charge is 2.39. The molecule has 0 saturated heterocycles. The first-order valence-corrected chi connectivity index (χ1v) is 7.16. The van der Waals surface area contributed by atoms with Crippen LogP contribution < -0.4 is 5.48 Å². The van der Waals surface area contributed by atoms with Gasteiger partial charge in [-0.3, -0.25) is 4.79 Å². The van der Waals surface area contributed by atoms with Crippen LogP contribution in [0.2, 0.25) is 0 Å². The summed E-state index contributed by atoms with van der Waals surface area (Å²) in [5.74, 6) is -4.08. The van der Waals surface area contributed by atoms with Crippen molar-refractivity contribution in [2.75, 3.05) is 6.61 Å². The van der Waals surface area contributed by atoms with Gasteiger partial charge >= 0.3 is 11.9 Å². The highest BCUT2D eigenvalue weighted by molar-refractivity contribution is 5.75. The first-order chi connectivity index (χ1) is 10.5. The maximum Gasteiger partial charge on any atom is 0.313 e. The molecule has 6 heteroatoms. The van der Waals surface area contributed by atoms with Gasteiger partial charge in [-0.05, 0) is 25.0 Å². The number of allylic oxidation sites excluding steroid dienone is 3. The van der Waals surface area contributed by atoms with Crippen LogP contribution in [0.1, 0.15) is 19.8 Å². The van der Waals surface area contributed by atoms with Gasteiger partial charge in [0, 0.05) is 6.42 Å². The van der Waals surface area contributed by atoms with Crippen LogP contribution in [-0.4, -0.2) is 24.5 Å². The van der Waals surface area contributed by atoms with Gasteiger partial charge in [0.1, 0.15) is 0 Å². The van der Waals surface area contributed by atoms with Crippen LogP contribution in [0.4, 0.5) is 8.78 Å². The van der Waals surface area contributed by atoms with Crippen molar-refractivity contribution in [1.82, 2.24) is 5.48 Å². The van der Waals surface area contributed by atoms with Gasteiger partial charge in [0.05, 0.1) is 18.6 Å². The molecule has 2 aliphatic rings. The van der Waals surface area contributed by atoms with Gasteiger partial charge in [0.2, 0.25) is 0 Å². The number of carbonyl (C=O) groups is 1. The molecule has 1 aliphatic carbocycles. The van der Waals surface area contributed by atoms with Crippen LogP contribution in [0.5, 0.6) is 0 Å². The summed E-state index contributed by atoms with van der Waals surface area (Å²) in [6.45, 7) is 5.40. The number of carbonyl (C=O) groups excluding carboxylic acids is 1. The first kappa shape index (κ1) is 16.4. The smallest absolute Gasteiger partial charge is 0.313 e. The quantitative estimate of drug-likeness (QED) is 0.605. The largest absolute Gasteiger partial charge is 0.466 e. The maximum absolute atomic E-state index is 13.7. The number of hydroxylamine groups is 1. The summed E-state index contributed by atoms with van der Waals surface area (Å²) in [5, 5.41) is 0. The molecule has 22 heavy (non-hydrogen) atoms. The SMILES string of the molecule is C=CCC(F)(F)C1=CC(C2=CCC(C(=O)OCC)C=C2)NO1. The second-order valence-electron chi connectivity index (χ2n) is 5.08. The molecule has 0 amide bonds. The highest BCUT2D eigenvalue weighted by Crippen LogP contribution is 2.33. The minimum Gasteiger partial charge on any atom is -0.466 e. The highest BCUT2D eigenvalue weighted by atomic mass is 19.3. The van der Waals surface area contributed by atoms with Crippen molar-refractivity contribution in [3.05, 3.63) is 48.3 Å². The number of ether oxygens (including phenoxy) is 1. The maximum atomic E-state index is 13.7. The van der Waals surface area contributed by atoms with Crippen molar-refractivity contribution < 1.29 is 23.1 Å². The van der Waals surface area contributed by atoms with Gasteiger partial charge in [-0.1, -0.05) is 24.3 Å². The molecule has 0 radical (unpaired) electrons. The van der Waals surface area contributed by atoms with Gasteiger partial charge in [0.25, 0.3) is 0 Å². The topological polar surface area (TPSA) is 47.6 Å². The Kier molecular flexibility index (Phi) is 5.13. The molecule has 120 valence electrons. The summed E-state index contributed by atoms with van der Waals surface area (Å²) >= 11 is 0. The Labute approximate surface area is 128 Å². The van der Waals surface area contributed by atoms with Gasteiger partial charge in [0.15, 0.2) is 5.76 Å². The minimum atomic E-state index is -3.07. The zero-order valence-corrected chi connectivity index (χ0v) is 12.4. The lowest BCUT2D eigenvalue weighted by Crippen LogP contribution is -2.26. The number of esters is 1. The number of rotatable bonds is 6. The summed E-state index contributed by atoms with van der Waals surface area (Å²) in [6.07, 6.45) is 7.79. The van der Waals surface area contributed by atoms with Gasteiger partial charge in [-0.2, -0.15) is 8.78 Å². The molecule has 0 spiro atoms. The molecule has 0 aromatic carbocycles. The molecule has 1 heterocycles. The van der Waals surface area contributed by atoms with Crippen molar-refractivity contribution in [2.24, 2.45) is 5.92 Å². The molecule has 2 rings (SSSR count). The second-order valence-corrected chi connectivity index (χ2v) is 5.08. The van der Waals surface area contributed by atoms with Crippen molar-refractivity contribution in [3.63, 3.8) is 0 Å². The molecule has 0 bridgehead atoms. The fraction of sp³-hybridized carbons (Fsp3) is 0.438. The number of halogens is 2. The van der Waals surface area contributed by atoms with E-state index in [-0.39, 0.29) is 11.9 Å². The molecule has 4 nitrogen and oxygen atoms in total. The van der Waals surface area contributed by atoms with Crippen molar-refractivity contribution >= 4 is 5.97 Å². The van der Waals surface area contributed by atoms with Crippen molar-refractivity contribution in [1.29, 1.82) is 0 Å². The van der Waals surface area contributed by atoms with E-state index in [0.717, 1.165) is 11.6 Å². The van der Waals surface area contributed by atoms with Crippen LogP contribution in [0, 0.1) is 5.92 Å². The molecule has 1 N–H and O–H groups in total. The Morgan fingerprint density at radius 1 is 1.64 bits per heavy atom. The lowest BCUT2D eigenvalue weighted by Gasteiger charge is -2.17. The van der Waals surface area contributed by atoms with Gasteiger partial charge < -0.3 is 9.57 Å². The van der Waals surface area contributed by atoms with E-state index in [1.807, 2.05) is 6.08 Å². The zero-order valence-electron chi connectivity index (χ0n) is 12.4. The molecule has 0 aromatic heterocycles. The Hall–Kier alpha value is -1.95. The Balaban J connectivity index is 2.01. The van der Waals surface area contributed by atoms with Gasteiger partial charge in [-0.15, -0.1) is 12.1 Å². The van der Waals surface area contributed by atoms with E-state index in [1.165, 1.54) is 6.08 Å². The van der Waals surface area contributed by atoms with E-state index in [2.05, 4.69) is 12.1 Å². The van der Waals surface area contributed by atoms with E-state index < -0.39 is 24.1 Å². The average Bonchev–Trinajstić information content (AvgIpc) is 2.98. The van der Waals surface area contributed by atoms with E-state index in [0.29, 0.717) is 13.0 Å². The summed E-state index contributed by atoms with van der Waals surface area (Å²) in [5.41, 5.74) is 3.35. The molecular formula is C16H19F2NO3. The van der Waals surface area contributed by atoms with Crippen LogP contribution in [0.25, 0.3) is 0 Å². The first-order valence-electron chi connectivity index (χ1n) is 7.16. The predicted octanol–water partition coefficient (Wildman–Crippen LogP) is 3.05. The molecule has 2 atom stereocenters. The van der Waals surface area contributed by atoms with Crippen LogP contribution >= 0.6 is 0 Å². The molecule has 0 fully saturated rings. The van der Waals surface area contributed by atoms with Crippen LogP contribution in [0.3, 0.4) is 0 Å². The van der Waals surface area contributed by atoms with Crippen molar-refractivity contribution in [3.8, 4) is 0 Å². The monoisotopic (exact) mass is 311 g/mol. The summed E-state index contributed by atoms with van der Waals surface area (Å²) in [7, 11) is 0. The third kappa shape index (κ3) is 3.62. The second kappa shape index (κ2) is 6.87. The standard InChI is InChI=1S/C16H19F2NO3/c1-3-9-16(17,18)14-10-13(19-22-14)11-5-7-12(8-6-11)15(20)21-4-2/h3,5-7,10,12-13,19H,1,4,8-9H2,2H3. The number of alkyl halides is 2. The predicted molar refractivity (Wildman–Crippen MR) is 77.8 cm³/mol. The number of hydrogen-bond donors (Lipinski definition) is 1. The summed E-state index contributed by atoms with van der Waals surface area (Å²) in [6, 6.07) is -0.454. The Morgan fingerprint density at radius 3 is 3.00 bits per heavy atom. The third-order valence-electron chi connectivity index (χ3n) is 3.45. The van der Waals surface area contributed by atoms with E-state index >= 15 is 0 Å².